The Morgan fingerprint density at radius 3 is 3.00 bits per heavy atom. The number of rotatable bonds is 3. The minimum absolute atomic E-state index is 0.146. The van der Waals surface area contributed by atoms with E-state index in [1.807, 2.05) is 0 Å². The van der Waals surface area contributed by atoms with Crippen LogP contribution in [0.25, 0.3) is 0 Å². The predicted octanol–water partition coefficient (Wildman–Crippen LogP) is 0.0475. The minimum Gasteiger partial charge on any atom is -0.476 e. The molecule has 0 radical (unpaired) electrons. The number of aromatic carboxylic acids is 1. The molecule has 0 saturated carbocycles. The highest BCUT2D eigenvalue weighted by Gasteiger charge is 2.13. The lowest BCUT2D eigenvalue weighted by atomic mass is 10.5. The maximum atomic E-state index is 10.5. The Hall–Kier alpha value is -1.90. The molecule has 2 aromatic heterocycles. The maximum absolute atomic E-state index is 10.5. The molecule has 0 aliphatic heterocycles. The molecule has 0 spiro atoms. The quantitative estimate of drug-likeness (QED) is 0.783. The van der Waals surface area contributed by atoms with Crippen molar-refractivity contribution >= 4 is 17.7 Å². The molecular formula is C6H5N5O3S. The molecule has 9 heteroatoms. The summed E-state index contributed by atoms with van der Waals surface area (Å²) in [6.07, 6.45) is 1.06. The van der Waals surface area contributed by atoms with E-state index in [0.717, 1.165) is 18.0 Å². The van der Waals surface area contributed by atoms with Crippen molar-refractivity contribution in [1.82, 2.24) is 25.2 Å². The molecule has 0 aliphatic carbocycles. The zero-order valence-corrected chi connectivity index (χ0v) is 8.30. The molecule has 2 heterocycles. The third-order valence-electron chi connectivity index (χ3n) is 1.46. The molecule has 0 fully saturated rings. The molecular weight excluding hydrogens is 222 g/mol. The van der Waals surface area contributed by atoms with Gasteiger partial charge in [-0.1, -0.05) is 0 Å². The van der Waals surface area contributed by atoms with Gasteiger partial charge in [0.05, 0.1) is 0 Å². The van der Waals surface area contributed by atoms with Crippen LogP contribution < -0.4 is 0 Å². The van der Waals surface area contributed by atoms with Crippen molar-refractivity contribution in [3.05, 3.63) is 12.0 Å². The molecule has 15 heavy (non-hydrogen) atoms. The summed E-state index contributed by atoms with van der Waals surface area (Å²) in [5, 5.41) is 20.0. The van der Waals surface area contributed by atoms with Gasteiger partial charge in [-0.25, -0.2) is 9.48 Å². The number of aryl methyl sites for hydroxylation is 1. The summed E-state index contributed by atoms with van der Waals surface area (Å²) in [7, 11) is 1.66. The van der Waals surface area contributed by atoms with Gasteiger partial charge in [0.15, 0.2) is 5.69 Å². The Morgan fingerprint density at radius 1 is 1.67 bits per heavy atom. The van der Waals surface area contributed by atoms with Crippen molar-refractivity contribution < 1.29 is 14.3 Å². The molecule has 0 amide bonds. The first-order valence-electron chi connectivity index (χ1n) is 3.76. The zero-order chi connectivity index (χ0) is 10.8. The van der Waals surface area contributed by atoms with E-state index in [2.05, 4.69) is 20.5 Å². The van der Waals surface area contributed by atoms with Crippen molar-refractivity contribution in [3.8, 4) is 0 Å². The number of oxazole rings is 1. The van der Waals surface area contributed by atoms with Crippen LogP contribution in [-0.2, 0) is 7.05 Å². The number of carboxylic acid groups (broad SMARTS) is 1. The van der Waals surface area contributed by atoms with Crippen LogP contribution in [0.3, 0.4) is 0 Å². The van der Waals surface area contributed by atoms with Crippen LogP contribution in [0.15, 0.2) is 21.1 Å². The van der Waals surface area contributed by atoms with Gasteiger partial charge >= 0.3 is 5.97 Å². The van der Waals surface area contributed by atoms with E-state index in [4.69, 9.17) is 9.52 Å². The normalized spacial score (nSPS) is 10.5. The van der Waals surface area contributed by atoms with Crippen molar-refractivity contribution in [2.75, 3.05) is 0 Å². The highest BCUT2D eigenvalue weighted by atomic mass is 32.2. The van der Waals surface area contributed by atoms with E-state index in [-0.39, 0.29) is 10.9 Å². The SMILES string of the molecule is Cn1nnnc1Sc1nc(C(=O)O)co1. The topological polar surface area (TPSA) is 107 Å². The molecule has 0 atom stereocenters. The Morgan fingerprint density at radius 2 is 2.47 bits per heavy atom. The van der Waals surface area contributed by atoms with Gasteiger partial charge in [0.2, 0.25) is 5.16 Å². The van der Waals surface area contributed by atoms with Crippen LogP contribution in [0.4, 0.5) is 0 Å². The van der Waals surface area contributed by atoms with Crippen molar-refractivity contribution in [2.24, 2.45) is 7.05 Å². The fourth-order valence-electron chi connectivity index (χ4n) is 0.788. The summed E-state index contributed by atoms with van der Waals surface area (Å²) in [5.41, 5.74) is -0.146. The molecule has 0 saturated heterocycles. The molecule has 0 aliphatic rings. The zero-order valence-electron chi connectivity index (χ0n) is 7.49. The van der Waals surface area contributed by atoms with Crippen LogP contribution in [0, 0.1) is 0 Å². The predicted molar refractivity (Wildman–Crippen MR) is 46.4 cm³/mol. The number of hydrogen-bond acceptors (Lipinski definition) is 7. The largest absolute Gasteiger partial charge is 0.476 e. The van der Waals surface area contributed by atoms with Crippen LogP contribution in [0.1, 0.15) is 10.5 Å². The summed E-state index contributed by atoms with van der Waals surface area (Å²) in [5.74, 6) is -1.14. The number of hydrogen-bond donors (Lipinski definition) is 1. The molecule has 0 aromatic carbocycles. The molecule has 2 aromatic rings. The van der Waals surface area contributed by atoms with Crippen molar-refractivity contribution in [2.45, 2.75) is 10.4 Å². The van der Waals surface area contributed by atoms with Crippen molar-refractivity contribution in [1.29, 1.82) is 0 Å². The first-order chi connectivity index (χ1) is 7.16. The second kappa shape index (κ2) is 3.69. The number of carboxylic acids is 1. The average Bonchev–Trinajstić information content (AvgIpc) is 2.77. The van der Waals surface area contributed by atoms with E-state index in [0.29, 0.717) is 5.16 Å². The third kappa shape index (κ3) is 1.96. The minimum atomic E-state index is -1.14. The standard InChI is InChI=1S/C6H5N5O3S/c1-11-5(8-9-10-11)15-6-7-3(2-14-6)4(12)13/h2H,1H3,(H,12,13). The summed E-state index contributed by atoms with van der Waals surface area (Å²) < 4.78 is 6.34. The first kappa shape index (κ1) is 9.65. The Labute approximate surface area is 87.3 Å². The van der Waals surface area contributed by atoms with E-state index >= 15 is 0 Å². The fourth-order valence-corrected chi connectivity index (χ4v) is 1.43. The number of aromatic nitrogens is 5. The van der Waals surface area contributed by atoms with Crippen molar-refractivity contribution in [3.63, 3.8) is 0 Å². The van der Waals surface area contributed by atoms with E-state index in [1.165, 1.54) is 4.68 Å². The smallest absolute Gasteiger partial charge is 0.357 e. The van der Waals surface area contributed by atoms with Gasteiger partial charge in [0.1, 0.15) is 6.26 Å². The lowest BCUT2D eigenvalue weighted by Gasteiger charge is -1.91. The third-order valence-corrected chi connectivity index (χ3v) is 2.35. The Balaban J connectivity index is 2.18. The number of carbonyl (C=O) groups is 1. The van der Waals surface area contributed by atoms with E-state index < -0.39 is 5.97 Å². The molecule has 0 bridgehead atoms. The van der Waals surface area contributed by atoms with Crippen LogP contribution in [0.2, 0.25) is 0 Å². The molecule has 0 unspecified atom stereocenters. The lowest BCUT2D eigenvalue weighted by molar-refractivity contribution is 0.0690. The lowest BCUT2D eigenvalue weighted by Crippen LogP contribution is -1.96. The molecule has 8 nitrogen and oxygen atoms in total. The van der Waals surface area contributed by atoms with Gasteiger partial charge in [-0.15, -0.1) is 5.10 Å². The highest BCUT2D eigenvalue weighted by Crippen LogP contribution is 2.23. The van der Waals surface area contributed by atoms with Gasteiger partial charge in [-0.2, -0.15) is 4.98 Å². The van der Waals surface area contributed by atoms with E-state index in [9.17, 15) is 4.79 Å². The fraction of sp³-hybridized carbons (Fsp3) is 0.167. The maximum Gasteiger partial charge on any atom is 0.357 e. The van der Waals surface area contributed by atoms with Gasteiger partial charge < -0.3 is 9.52 Å². The number of nitrogens with zero attached hydrogens (tertiary/aromatic N) is 5. The average molecular weight is 227 g/mol. The molecule has 1 N–H and O–H groups in total. The molecule has 2 rings (SSSR count). The molecule has 78 valence electrons. The summed E-state index contributed by atoms with van der Waals surface area (Å²) in [6.45, 7) is 0. The van der Waals surface area contributed by atoms with Gasteiger partial charge in [-0.3, -0.25) is 0 Å². The van der Waals surface area contributed by atoms with Crippen LogP contribution in [0.5, 0.6) is 0 Å². The van der Waals surface area contributed by atoms with Gasteiger partial charge in [0.25, 0.3) is 5.22 Å². The summed E-state index contributed by atoms with van der Waals surface area (Å²) >= 11 is 1.04. The Bertz CT molecular complexity index is 492. The Kier molecular flexibility index (Phi) is 2.37. The van der Waals surface area contributed by atoms with Gasteiger partial charge in [0, 0.05) is 18.8 Å². The first-order valence-corrected chi connectivity index (χ1v) is 4.57. The summed E-state index contributed by atoms with van der Waals surface area (Å²) in [6, 6.07) is 0. The number of tetrazole rings is 1. The van der Waals surface area contributed by atoms with Gasteiger partial charge in [-0.05, 0) is 10.4 Å². The second-order valence-corrected chi connectivity index (χ2v) is 3.41. The van der Waals surface area contributed by atoms with Crippen LogP contribution >= 0.6 is 11.8 Å². The highest BCUT2D eigenvalue weighted by molar-refractivity contribution is 7.98. The monoisotopic (exact) mass is 227 g/mol. The second-order valence-electron chi connectivity index (χ2n) is 2.49. The van der Waals surface area contributed by atoms with E-state index in [1.54, 1.807) is 7.05 Å². The summed E-state index contributed by atoms with van der Waals surface area (Å²) in [4.78, 5) is 14.2. The van der Waals surface area contributed by atoms with Crippen LogP contribution in [-0.4, -0.2) is 36.3 Å².